The molecule has 0 aromatic heterocycles. The minimum absolute atomic E-state index is 0.690. The van der Waals surface area contributed by atoms with Crippen LogP contribution in [-0.4, -0.2) is 5.88 Å². The number of alkyl halides is 1. The second-order valence-corrected chi connectivity index (χ2v) is 3.75. The van der Waals surface area contributed by atoms with E-state index in [1.54, 1.807) is 0 Å². The zero-order chi connectivity index (χ0) is 8.27. The molecule has 0 aliphatic carbocycles. The van der Waals surface area contributed by atoms with Crippen molar-refractivity contribution in [2.24, 2.45) is 0 Å². The highest BCUT2D eigenvalue weighted by atomic mass is 79.9. The minimum Gasteiger partial charge on any atom is -0.126 e. The maximum absolute atomic E-state index is 5.61. The Kier molecular flexibility index (Phi) is 3.41. The minimum atomic E-state index is 0.690. The van der Waals surface area contributed by atoms with E-state index in [2.05, 4.69) is 41.1 Å². The molecule has 0 unspecified atom stereocenters. The van der Waals surface area contributed by atoms with Gasteiger partial charge in [0.05, 0.1) is 0 Å². The molecular weight excluding hydrogens is 223 g/mol. The van der Waals surface area contributed by atoms with Crippen molar-refractivity contribution < 1.29 is 0 Å². The largest absolute Gasteiger partial charge is 0.126 e. The van der Waals surface area contributed by atoms with Gasteiger partial charge < -0.3 is 0 Å². The molecule has 1 rings (SSSR count). The van der Waals surface area contributed by atoms with Crippen LogP contribution in [0.1, 0.15) is 11.1 Å². The van der Waals surface area contributed by atoms with Crippen LogP contribution in [0.2, 0.25) is 0 Å². The zero-order valence-corrected chi connectivity index (χ0v) is 8.74. The number of rotatable bonds is 2. The van der Waals surface area contributed by atoms with Crippen molar-refractivity contribution in [3.05, 3.63) is 33.8 Å². The van der Waals surface area contributed by atoms with Crippen LogP contribution >= 0.6 is 27.5 Å². The molecule has 11 heavy (non-hydrogen) atoms. The van der Waals surface area contributed by atoms with E-state index >= 15 is 0 Å². The molecule has 0 aliphatic rings. The second-order valence-electron chi connectivity index (χ2n) is 2.52. The van der Waals surface area contributed by atoms with E-state index in [-0.39, 0.29) is 0 Å². The summed E-state index contributed by atoms with van der Waals surface area (Å²) in [6, 6.07) is 6.34. The predicted molar refractivity (Wildman–Crippen MR) is 53.3 cm³/mol. The van der Waals surface area contributed by atoms with Crippen molar-refractivity contribution in [3.63, 3.8) is 0 Å². The summed E-state index contributed by atoms with van der Waals surface area (Å²) >= 11 is 9.09. The Labute approximate surface area is 80.7 Å². The fourth-order valence-corrected chi connectivity index (χ4v) is 1.55. The van der Waals surface area contributed by atoms with Crippen LogP contribution in [-0.2, 0) is 6.42 Å². The molecule has 0 heterocycles. The van der Waals surface area contributed by atoms with Gasteiger partial charge in [-0.1, -0.05) is 28.1 Å². The average molecular weight is 234 g/mol. The van der Waals surface area contributed by atoms with E-state index in [1.165, 1.54) is 15.6 Å². The monoisotopic (exact) mass is 232 g/mol. The number of hydrogen-bond acceptors (Lipinski definition) is 0. The summed E-state index contributed by atoms with van der Waals surface area (Å²) in [6.07, 6.45) is 0.945. The van der Waals surface area contributed by atoms with Gasteiger partial charge in [0, 0.05) is 10.4 Å². The Hall–Kier alpha value is -0.0100. The Balaban J connectivity index is 2.86. The van der Waals surface area contributed by atoms with Gasteiger partial charge in [-0.25, -0.2) is 0 Å². The highest BCUT2D eigenvalue weighted by Crippen LogP contribution is 2.17. The van der Waals surface area contributed by atoms with Crippen LogP contribution in [0, 0.1) is 6.92 Å². The third kappa shape index (κ3) is 2.49. The summed E-state index contributed by atoms with van der Waals surface area (Å²) in [5.41, 5.74) is 2.56. The summed E-state index contributed by atoms with van der Waals surface area (Å²) in [7, 11) is 0. The molecule has 60 valence electrons. The Morgan fingerprint density at radius 1 is 1.45 bits per heavy atom. The highest BCUT2D eigenvalue weighted by Gasteiger charge is 1.95. The number of aryl methyl sites for hydroxylation is 2. The zero-order valence-electron chi connectivity index (χ0n) is 6.40. The lowest BCUT2D eigenvalue weighted by atomic mass is 10.1. The predicted octanol–water partition coefficient (Wildman–Crippen LogP) is 3.54. The van der Waals surface area contributed by atoms with E-state index in [0.717, 1.165) is 6.42 Å². The molecule has 0 N–H and O–H groups in total. The first-order valence-electron chi connectivity index (χ1n) is 3.55. The normalized spacial score (nSPS) is 10.1. The van der Waals surface area contributed by atoms with Gasteiger partial charge in [-0.2, -0.15) is 0 Å². The van der Waals surface area contributed by atoms with Gasteiger partial charge >= 0.3 is 0 Å². The van der Waals surface area contributed by atoms with Crippen LogP contribution in [0.5, 0.6) is 0 Å². The lowest BCUT2D eigenvalue weighted by Gasteiger charge is -2.00. The first-order valence-corrected chi connectivity index (χ1v) is 4.88. The molecule has 0 saturated carbocycles. The van der Waals surface area contributed by atoms with Gasteiger partial charge in [0.15, 0.2) is 0 Å². The fourth-order valence-electron chi connectivity index (χ4n) is 0.901. The number of hydrogen-bond donors (Lipinski definition) is 0. The van der Waals surface area contributed by atoms with Gasteiger partial charge in [-0.05, 0) is 30.5 Å². The summed E-state index contributed by atoms with van der Waals surface area (Å²) in [6.45, 7) is 2.08. The van der Waals surface area contributed by atoms with Crippen LogP contribution in [0.3, 0.4) is 0 Å². The maximum atomic E-state index is 5.61. The van der Waals surface area contributed by atoms with Crippen molar-refractivity contribution in [2.45, 2.75) is 13.3 Å². The molecule has 0 saturated heterocycles. The summed E-state index contributed by atoms with van der Waals surface area (Å²) in [4.78, 5) is 0. The van der Waals surface area contributed by atoms with Crippen molar-refractivity contribution in [1.82, 2.24) is 0 Å². The van der Waals surface area contributed by atoms with Crippen molar-refractivity contribution in [3.8, 4) is 0 Å². The van der Waals surface area contributed by atoms with E-state index in [4.69, 9.17) is 11.6 Å². The third-order valence-electron chi connectivity index (χ3n) is 1.62. The Morgan fingerprint density at radius 2 is 2.18 bits per heavy atom. The fraction of sp³-hybridized carbons (Fsp3) is 0.333. The molecule has 0 atom stereocenters. The molecule has 2 heteroatoms. The van der Waals surface area contributed by atoms with E-state index in [9.17, 15) is 0 Å². The van der Waals surface area contributed by atoms with Gasteiger partial charge in [0.25, 0.3) is 0 Å². The molecule has 1 aromatic carbocycles. The van der Waals surface area contributed by atoms with Crippen LogP contribution < -0.4 is 0 Å². The molecule has 0 amide bonds. The molecule has 0 fully saturated rings. The molecule has 0 aliphatic heterocycles. The van der Waals surface area contributed by atoms with Crippen LogP contribution in [0.25, 0.3) is 0 Å². The topological polar surface area (TPSA) is 0 Å². The van der Waals surface area contributed by atoms with Crippen molar-refractivity contribution in [2.75, 3.05) is 5.88 Å². The quantitative estimate of drug-likeness (QED) is 0.686. The first-order chi connectivity index (χ1) is 5.24. The number of benzene rings is 1. The molecule has 0 nitrogen and oxygen atoms in total. The molecule has 0 spiro atoms. The van der Waals surface area contributed by atoms with Crippen LogP contribution in [0.15, 0.2) is 22.7 Å². The summed E-state index contributed by atoms with van der Waals surface area (Å²) < 4.78 is 1.17. The Bertz CT molecular complexity index is 245. The van der Waals surface area contributed by atoms with Gasteiger partial charge in [-0.15, -0.1) is 11.6 Å². The SMILES string of the molecule is Cc1ccc(CCCl)cc1Br. The molecule has 0 bridgehead atoms. The number of halogens is 2. The highest BCUT2D eigenvalue weighted by molar-refractivity contribution is 9.10. The van der Waals surface area contributed by atoms with Gasteiger partial charge in [0.2, 0.25) is 0 Å². The second kappa shape index (κ2) is 4.13. The van der Waals surface area contributed by atoms with E-state index in [1.807, 2.05) is 0 Å². The lowest BCUT2D eigenvalue weighted by molar-refractivity contribution is 1.14. The summed E-state index contributed by atoms with van der Waals surface area (Å²) in [5.74, 6) is 0.690. The van der Waals surface area contributed by atoms with Gasteiger partial charge in [0.1, 0.15) is 0 Å². The van der Waals surface area contributed by atoms with Gasteiger partial charge in [-0.3, -0.25) is 0 Å². The van der Waals surface area contributed by atoms with Crippen molar-refractivity contribution in [1.29, 1.82) is 0 Å². The van der Waals surface area contributed by atoms with Crippen molar-refractivity contribution >= 4 is 27.5 Å². The molecule has 0 radical (unpaired) electrons. The van der Waals surface area contributed by atoms with E-state index < -0.39 is 0 Å². The Morgan fingerprint density at radius 3 is 2.73 bits per heavy atom. The lowest BCUT2D eigenvalue weighted by Crippen LogP contribution is -1.86. The standard InChI is InChI=1S/C9H10BrCl/c1-7-2-3-8(4-5-11)6-9(7)10/h2-3,6H,4-5H2,1H3. The third-order valence-corrected chi connectivity index (χ3v) is 2.66. The van der Waals surface area contributed by atoms with Crippen LogP contribution in [0.4, 0.5) is 0 Å². The smallest absolute Gasteiger partial charge is 0.0263 e. The summed E-state index contributed by atoms with van der Waals surface area (Å²) in [5, 5.41) is 0. The molecule has 1 aromatic rings. The first kappa shape index (κ1) is 9.08. The van der Waals surface area contributed by atoms with E-state index in [0.29, 0.717) is 5.88 Å². The average Bonchev–Trinajstić information content (AvgIpc) is 1.98. The molecular formula is C9H10BrCl. The maximum Gasteiger partial charge on any atom is 0.0263 e.